The van der Waals surface area contributed by atoms with Gasteiger partial charge in [0.25, 0.3) is 0 Å². The molecule has 32 heavy (non-hydrogen) atoms. The lowest BCUT2D eigenvalue weighted by Crippen LogP contribution is -2.47. The van der Waals surface area contributed by atoms with Crippen molar-refractivity contribution in [3.8, 4) is 0 Å². The molecular weight excluding hydrogens is 412 g/mol. The molecule has 0 bridgehead atoms. The Kier molecular flexibility index (Phi) is 6.07. The number of esters is 2. The third kappa shape index (κ3) is 4.41. The number of benzene rings is 2. The number of amides is 2. The number of carbonyl (C=O) groups is 3. The zero-order valence-electron chi connectivity index (χ0n) is 17.2. The molecule has 1 aliphatic rings. The van der Waals surface area contributed by atoms with Gasteiger partial charge in [-0.3, -0.25) is 4.98 Å². The van der Waals surface area contributed by atoms with Gasteiger partial charge in [0.1, 0.15) is 6.61 Å². The first kappa shape index (κ1) is 21.0. The highest BCUT2D eigenvalue weighted by molar-refractivity contribution is 5.95. The number of hydrogen-bond acceptors (Lipinski definition) is 7. The number of nitrogens with one attached hydrogen (secondary N) is 2. The minimum Gasteiger partial charge on any atom is -0.463 e. The summed E-state index contributed by atoms with van der Waals surface area (Å²) in [5, 5.41) is 5.28. The maximum atomic E-state index is 12.7. The van der Waals surface area contributed by atoms with Gasteiger partial charge in [0.2, 0.25) is 0 Å². The van der Waals surface area contributed by atoms with Crippen LogP contribution in [0, 0.1) is 0 Å². The number of ether oxygens (including phenoxy) is 2. The van der Waals surface area contributed by atoms with Gasteiger partial charge in [-0.05, 0) is 24.6 Å². The normalized spacial score (nSPS) is 15.7. The number of nitrogens with zero attached hydrogens (tertiary/aromatic N) is 2. The summed E-state index contributed by atoms with van der Waals surface area (Å²) in [6, 6.07) is 14.8. The molecule has 4 rings (SSSR count). The molecule has 0 fully saturated rings. The highest BCUT2D eigenvalue weighted by Crippen LogP contribution is 2.28. The fraction of sp³-hybridized carbons (Fsp3) is 0.174. The van der Waals surface area contributed by atoms with Gasteiger partial charge in [-0.2, -0.15) is 0 Å². The van der Waals surface area contributed by atoms with Crippen LogP contribution in [0.25, 0.3) is 11.0 Å². The molecule has 2 aromatic carbocycles. The molecule has 2 heterocycles. The standard InChI is InChI=1S/C23H20N4O5/c1-2-31-22(29)19-18(26-23(30)27-20(19)14-8-4-3-5-9-14)13-32-21(28)17-12-24-15-10-6-7-11-16(15)25-17/h3-12,20H,2,13H2,1H3,(H2,26,27,30)/t20-/m1/s1. The smallest absolute Gasteiger partial charge is 0.358 e. The van der Waals surface area contributed by atoms with Crippen LogP contribution in [0.2, 0.25) is 0 Å². The Bertz CT molecular complexity index is 1210. The van der Waals surface area contributed by atoms with Gasteiger partial charge in [-0.1, -0.05) is 42.5 Å². The lowest BCUT2D eigenvalue weighted by molar-refractivity contribution is -0.139. The zero-order valence-corrected chi connectivity index (χ0v) is 17.2. The molecule has 2 amide bonds. The average Bonchev–Trinajstić information content (AvgIpc) is 2.82. The van der Waals surface area contributed by atoms with Crippen LogP contribution >= 0.6 is 0 Å². The molecule has 0 unspecified atom stereocenters. The monoisotopic (exact) mass is 432 g/mol. The van der Waals surface area contributed by atoms with Crippen LogP contribution in [0.15, 0.2) is 72.1 Å². The highest BCUT2D eigenvalue weighted by atomic mass is 16.5. The van der Waals surface area contributed by atoms with E-state index in [1.165, 1.54) is 6.20 Å². The summed E-state index contributed by atoms with van der Waals surface area (Å²) in [4.78, 5) is 46.0. The molecule has 0 spiro atoms. The predicted molar refractivity (Wildman–Crippen MR) is 114 cm³/mol. The van der Waals surface area contributed by atoms with E-state index in [-0.39, 0.29) is 30.2 Å². The lowest BCUT2D eigenvalue weighted by atomic mass is 9.95. The van der Waals surface area contributed by atoms with Crippen molar-refractivity contribution >= 4 is 29.0 Å². The summed E-state index contributed by atoms with van der Waals surface area (Å²) >= 11 is 0. The van der Waals surface area contributed by atoms with E-state index in [0.29, 0.717) is 16.6 Å². The van der Waals surface area contributed by atoms with E-state index in [0.717, 1.165) is 0 Å². The first-order valence-electron chi connectivity index (χ1n) is 9.98. The highest BCUT2D eigenvalue weighted by Gasteiger charge is 2.34. The largest absolute Gasteiger partial charge is 0.463 e. The molecule has 1 atom stereocenters. The Morgan fingerprint density at radius 2 is 1.69 bits per heavy atom. The molecule has 2 N–H and O–H groups in total. The van der Waals surface area contributed by atoms with Crippen molar-refractivity contribution in [2.45, 2.75) is 13.0 Å². The summed E-state index contributed by atoms with van der Waals surface area (Å²) < 4.78 is 10.5. The Hall–Kier alpha value is -4.27. The summed E-state index contributed by atoms with van der Waals surface area (Å²) in [7, 11) is 0. The Labute approximate surface area is 183 Å². The summed E-state index contributed by atoms with van der Waals surface area (Å²) in [5.74, 6) is -1.35. The van der Waals surface area contributed by atoms with Gasteiger partial charge in [-0.25, -0.2) is 19.4 Å². The first-order valence-corrected chi connectivity index (χ1v) is 9.98. The summed E-state index contributed by atoms with van der Waals surface area (Å²) in [6.45, 7) is 1.48. The molecule has 0 saturated carbocycles. The fourth-order valence-corrected chi connectivity index (χ4v) is 3.34. The van der Waals surface area contributed by atoms with E-state index >= 15 is 0 Å². The molecule has 9 nitrogen and oxygen atoms in total. The van der Waals surface area contributed by atoms with Crippen molar-refractivity contribution < 1.29 is 23.9 Å². The number of para-hydroxylation sites is 2. The van der Waals surface area contributed by atoms with E-state index in [4.69, 9.17) is 9.47 Å². The van der Waals surface area contributed by atoms with Crippen molar-refractivity contribution in [3.63, 3.8) is 0 Å². The number of rotatable bonds is 6. The van der Waals surface area contributed by atoms with Gasteiger partial charge in [0.15, 0.2) is 5.69 Å². The Morgan fingerprint density at radius 1 is 0.969 bits per heavy atom. The summed E-state index contributed by atoms with van der Waals surface area (Å²) in [6.07, 6.45) is 1.32. The number of aromatic nitrogens is 2. The second-order valence-corrected chi connectivity index (χ2v) is 6.87. The van der Waals surface area contributed by atoms with Gasteiger partial charge in [0.05, 0.1) is 41.1 Å². The molecule has 1 aromatic heterocycles. The van der Waals surface area contributed by atoms with E-state index in [9.17, 15) is 14.4 Å². The van der Waals surface area contributed by atoms with Gasteiger partial charge < -0.3 is 20.1 Å². The number of fused-ring (bicyclic) bond motifs is 1. The van der Waals surface area contributed by atoms with Crippen LogP contribution in [-0.2, 0) is 14.3 Å². The van der Waals surface area contributed by atoms with E-state index in [2.05, 4.69) is 20.6 Å². The first-order chi connectivity index (χ1) is 15.6. The van der Waals surface area contributed by atoms with Crippen LogP contribution in [-0.4, -0.2) is 41.2 Å². The van der Waals surface area contributed by atoms with E-state index in [1.807, 2.05) is 12.1 Å². The van der Waals surface area contributed by atoms with Crippen molar-refractivity contribution in [2.24, 2.45) is 0 Å². The summed E-state index contributed by atoms with van der Waals surface area (Å²) in [5.41, 5.74) is 2.20. The van der Waals surface area contributed by atoms with Crippen molar-refractivity contribution in [1.82, 2.24) is 20.6 Å². The SMILES string of the molecule is CCOC(=O)C1=C(COC(=O)c2cnc3ccccc3n2)NC(=O)N[C@@H]1c1ccccc1. The van der Waals surface area contributed by atoms with Crippen molar-refractivity contribution in [3.05, 3.63) is 83.3 Å². The topological polar surface area (TPSA) is 120 Å². The van der Waals surface area contributed by atoms with Crippen LogP contribution in [0.4, 0.5) is 4.79 Å². The zero-order chi connectivity index (χ0) is 22.5. The van der Waals surface area contributed by atoms with Crippen LogP contribution in [0.5, 0.6) is 0 Å². The van der Waals surface area contributed by atoms with E-state index in [1.54, 1.807) is 49.4 Å². The Morgan fingerprint density at radius 3 is 2.44 bits per heavy atom. The van der Waals surface area contributed by atoms with E-state index < -0.39 is 24.0 Å². The second-order valence-electron chi connectivity index (χ2n) is 6.87. The number of hydrogen-bond donors (Lipinski definition) is 2. The van der Waals surface area contributed by atoms with Crippen LogP contribution in [0.1, 0.15) is 29.0 Å². The van der Waals surface area contributed by atoms with Gasteiger partial charge in [-0.15, -0.1) is 0 Å². The minimum atomic E-state index is -0.752. The molecule has 0 radical (unpaired) electrons. The molecule has 0 saturated heterocycles. The molecule has 1 aliphatic heterocycles. The molecular formula is C23H20N4O5. The van der Waals surface area contributed by atoms with Crippen molar-refractivity contribution in [1.29, 1.82) is 0 Å². The number of urea groups is 1. The molecule has 0 aliphatic carbocycles. The quantitative estimate of drug-likeness (QED) is 0.575. The maximum absolute atomic E-state index is 12.7. The van der Waals surface area contributed by atoms with Gasteiger partial charge in [0, 0.05) is 0 Å². The molecule has 3 aromatic rings. The third-order valence-corrected chi connectivity index (χ3v) is 4.79. The molecule has 9 heteroatoms. The predicted octanol–water partition coefficient (Wildman–Crippen LogP) is 2.66. The lowest BCUT2D eigenvalue weighted by Gasteiger charge is -2.29. The minimum absolute atomic E-state index is 0.0156. The van der Waals surface area contributed by atoms with Crippen molar-refractivity contribution in [2.75, 3.05) is 13.2 Å². The molecule has 162 valence electrons. The third-order valence-electron chi connectivity index (χ3n) is 4.79. The van der Waals surface area contributed by atoms with Crippen LogP contribution in [0.3, 0.4) is 0 Å². The second kappa shape index (κ2) is 9.25. The maximum Gasteiger partial charge on any atom is 0.358 e. The van der Waals surface area contributed by atoms with Gasteiger partial charge >= 0.3 is 18.0 Å². The Balaban J connectivity index is 1.62. The fourth-order valence-electron chi connectivity index (χ4n) is 3.34. The number of carbonyl (C=O) groups excluding carboxylic acids is 3. The van der Waals surface area contributed by atoms with Crippen LogP contribution < -0.4 is 10.6 Å². The average molecular weight is 432 g/mol.